The van der Waals surface area contributed by atoms with E-state index in [1.165, 1.54) is 0 Å². The van der Waals surface area contributed by atoms with Crippen molar-refractivity contribution >= 4 is 0 Å². The summed E-state index contributed by atoms with van der Waals surface area (Å²) in [5.41, 5.74) is 2.88. The molecule has 0 aromatic heterocycles. The van der Waals surface area contributed by atoms with Crippen LogP contribution in [0.1, 0.15) is 70.8 Å². The summed E-state index contributed by atoms with van der Waals surface area (Å²) < 4.78 is 57.7. The predicted octanol–water partition coefficient (Wildman–Crippen LogP) is 4.12. The van der Waals surface area contributed by atoms with E-state index in [-0.39, 0.29) is 42.7 Å². The second-order valence-corrected chi connectivity index (χ2v) is 16.4. The molecule has 14 heteroatoms. The van der Waals surface area contributed by atoms with Crippen molar-refractivity contribution in [3.8, 4) is 0 Å². The van der Waals surface area contributed by atoms with Gasteiger partial charge in [-0.05, 0) is 47.1 Å². The topological polar surface area (TPSA) is 173 Å². The monoisotopic (exact) mass is 824 g/mol. The first kappa shape index (κ1) is 44.2. The van der Waals surface area contributed by atoms with E-state index < -0.39 is 67.2 Å². The summed E-state index contributed by atoms with van der Waals surface area (Å²) in [6.07, 6.45) is -7.72. The van der Waals surface area contributed by atoms with Crippen LogP contribution in [0, 0.1) is 0 Å². The molecule has 0 amide bonds. The fourth-order valence-corrected chi connectivity index (χ4v) is 8.35. The molecule has 3 aromatic rings. The van der Waals surface area contributed by atoms with Gasteiger partial charge in [0.1, 0.15) is 67.1 Å². The van der Waals surface area contributed by atoms with E-state index in [2.05, 4.69) is 0 Å². The third kappa shape index (κ3) is 10.4. The Morgan fingerprint density at radius 2 is 0.983 bits per heavy atom. The Morgan fingerprint density at radius 3 is 1.54 bits per heavy atom. The van der Waals surface area contributed by atoms with Crippen molar-refractivity contribution in [2.24, 2.45) is 0 Å². The van der Waals surface area contributed by atoms with Gasteiger partial charge in [0.25, 0.3) is 0 Å². The van der Waals surface area contributed by atoms with Gasteiger partial charge in [-0.2, -0.15) is 0 Å². The number of aliphatic hydroxyl groups is 4. The van der Waals surface area contributed by atoms with Crippen LogP contribution in [0.3, 0.4) is 0 Å². The SMILES string of the molecule is CC1O[C@@H](C)C2OC(C)(C)O[C@H]2[C@H]1O.C[C@@H]1OC2COC(c3ccccc3)O[C@H]2[C@H](O)C1O.C[C@@H]1OC2COC(c3ccccc3)O[C@H]2[C@H](O)C1OCc1ccccc1. The van der Waals surface area contributed by atoms with Gasteiger partial charge in [0, 0.05) is 11.1 Å². The Bertz CT molecular complexity index is 1720. The molecule has 59 heavy (non-hydrogen) atoms. The summed E-state index contributed by atoms with van der Waals surface area (Å²) in [5, 5.41) is 40.7. The Hall–Kier alpha value is -2.90. The highest BCUT2D eigenvalue weighted by Gasteiger charge is 2.53. The normalized spacial score (nSPS) is 41.1. The van der Waals surface area contributed by atoms with Gasteiger partial charge in [-0.25, -0.2) is 0 Å². The van der Waals surface area contributed by atoms with Crippen molar-refractivity contribution in [2.75, 3.05) is 13.2 Å². The molecule has 3 aromatic carbocycles. The average Bonchev–Trinajstić information content (AvgIpc) is 3.59. The van der Waals surface area contributed by atoms with E-state index in [0.29, 0.717) is 19.8 Å². The fourth-order valence-electron chi connectivity index (χ4n) is 8.35. The average molecular weight is 825 g/mol. The van der Waals surface area contributed by atoms with Gasteiger partial charge in [0.2, 0.25) is 0 Å². The summed E-state index contributed by atoms with van der Waals surface area (Å²) >= 11 is 0. The number of fused-ring (bicyclic) bond motifs is 3. The lowest BCUT2D eigenvalue weighted by Crippen LogP contribution is -2.61. The molecule has 8 unspecified atom stereocenters. The number of rotatable bonds is 5. The zero-order valence-electron chi connectivity index (χ0n) is 34.5. The zero-order valence-corrected chi connectivity index (χ0v) is 34.5. The Labute approximate surface area is 346 Å². The first-order valence-corrected chi connectivity index (χ1v) is 20.6. The summed E-state index contributed by atoms with van der Waals surface area (Å²) in [6, 6.07) is 29.2. The van der Waals surface area contributed by atoms with E-state index in [9.17, 15) is 20.4 Å². The maximum atomic E-state index is 10.9. The lowest BCUT2D eigenvalue weighted by atomic mass is 9.94. The highest BCUT2D eigenvalue weighted by molar-refractivity contribution is 5.18. The molecule has 0 aliphatic carbocycles. The maximum Gasteiger partial charge on any atom is 0.184 e. The van der Waals surface area contributed by atoms with Gasteiger partial charge in [-0.3, -0.25) is 0 Å². The molecule has 4 N–H and O–H groups in total. The molecule has 324 valence electrons. The molecule has 0 bridgehead atoms. The lowest BCUT2D eigenvalue weighted by molar-refractivity contribution is -0.331. The van der Waals surface area contributed by atoms with Crippen LogP contribution in [-0.2, 0) is 54.0 Å². The molecule has 17 atom stereocenters. The van der Waals surface area contributed by atoms with Crippen molar-refractivity contribution in [1.29, 1.82) is 0 Å². The highest BCUT2D eigenvalue weighted by Crippen LogP contribution is 2.38. The summed E-state index contributed by atoms with van der Waals surface area (Å²) in [6.45, 7) is 12.3. The Kier molecular flexibility index (Phi) is 14.5. The molecule has 6 aliphatic rings. The summed E-state index contributed by atoms with van der Waals surface area (Å²) in [4.78, 5) is 0. The number of benzene rings is 3. The van der Waals surface area contributed by atoms with Crippen LogP contribution in [-0.4, -0.2) is 131 Å². The van der Waals surface area contributed by atoms with Gasteiger partial charge in [-0.15, -0.1) is 0 Å². The van der Waals surface area contributed by atoms with Crippen molar-refractivity contribution < 1.29 is 67.8 Å². The first-order valence-electron chi connectivity index (χ1n) is 20.6. The lowest BCUT2D eigenvalue weighted by Gasteiger charge is -2.47. The molecule has 14 nitrogen and oxygen atoms in total. The predicted molar refractivity (Wildman–Crippen MR) is 212 cm³/mol. The molecule has 6 aliphatic heterocycles. The van der Waals surface area contributed by atoms with Crippen LogP contribution >= 0.6 is 0 Å². The van der Waals surface area contributed by atoms with Crippen LogP contribution in [0.2, 0.25) is 0 Å². The molecule has 6 fully saturated rings. The van der Waals surface area contributed by atoms with Crippen LogP contribution < -0.4 is 0 Å². The Balaban J connectivity index is 0.000000141. The van der Waals surface area contributed by atoms with Crippen LogP contribution in [0.15, 0.2) is 91.0 Å². The van der Waals surface area contributed by atoms with E-state index in [4.69, 9.17) is 47.4 Å². The third-order valence-electron chi connectivity index (χ3n) is 11.5. The van der Waals surface area contributed by atoms with Crippen LogP contribution in [0.5, 0.6) is 0 Å². The van der Waals surface area contributed by atoms with Crippen LogP contribution in [0.25, 0.3) is 0 Å². The Morgan fingerprint density at radius 1 is 0.508 bits per heavy atom. The fraction of sp³-hybridized carbons (Fsp3) is 0.600. The molecule has 9 rings (SSSR count). The van der Waals surface area contributed by atoms with Gasteiger partial charge in [0.05, 0.1) is 44.2 Å². The number of hydrogen-bond donors (Lipinski definition) is 4. The molecule has 0 saturated carbocycles. The minimum atomic E-state index is -0.955. The van der Waals surface area contributed by atoms with Gasteiger partial charge in [0.15, 0.2) is 18.4 Å². The molecule has 6 saturated heterocycles. The van der Waals surface area contributed by atoms with Crippen molar-refractivity contribution in [3.63, 3.8) is 0 Å². The smallest absolute Gasteiger partial charge is 0.184 e. The highest BCUT2D eigenvalue weighted by atomic mass is 16.8. The zero-order chi connectivity index (χ0) is 41.8. The van der Waals surface area contributed by atoms with E-state index >= 15 is 0 Å². The van der Waals surface area contributed by atoms with Crippen molar-refractivity contribution in [3.05, 3.63) is 108 Å². The number of aliphatic hydroxyl groups excluding tert-OH is 4. The number of hydrogen-bond acceptors (Lipinski definition) is 14. The molecular weight excluding hydrogens is 764 g/mol. The second kappa shape index (κ2) is 19.4. The largest absolute Gasteiger partial charge is 0.388 e. The molecule has 0 spiro atoms. The minimum Gasteiger partial charge on any atom is -0.388 e. The summed E-state index contributed by atoms with van der Waals surface area (Å²) in [5.74, 6) is -0.613. The standard InChI is InChI=1S/C21H24O5.C14H18O5.C10H18O4/c1-14-19(23-12-15-8-4-2-5-9-15)18(22)20-17(25-14)13-24-21(26-20)16-10-6-3-7-11-16;1-8-11(15)12(16)13-10(18-8)7-17-14(19-13)9-5-3-2-4-6-9;1-5-7(11)9-8(6(2)12-5)13-10(3,4)14-9/h2-11,14,17-22H,12-13H2,1H3;2-6,8,10-16H,7H2,1H3;5-9,11H,1-4H3/t14-,17?,18+,19?,20+,21?;8-,10?,11?,12+,13+,14?;5?,6-,7-,8?,9-/m000/s1. The van der Waals surface area contributed by atoms with E-state index in [0.717, 1.165) is 16.7 Å². The van der Waals surface area contributed by atoms with Gasteiger partial charge < -0.3 is 67.8 Å². The van der Waals surface area contributed by atoms with Crippen molar-refractivity contribution in [1.82, 2.24) is 0 Å². The van der Waals surface area contributed by atoms with E-state index in [1.807, 2.05) is 126 Å². The number of ether oxygens (including phenoxy) is 10. The first-order chi connectivity index (χ1) is 28.3. The second-order valence-electron chi connectivity index (χ2n) is 16.4. The van der Waals surface area contributed by atoms with Gasteiger partial charge >= 0.3 is 0 Å². The molecule has 0 radical (unpaired) electrons. The van der Waals surface area contributed by atoms with Crippen molar-refractivity contribution in [2.45, 2.75) is 158 Å². The van der Waals surface area contributed by atoms with Crippen LogP contribution in [0.4, 0.5) is 0 Å². The molecule has 6 heterocycles. The molecular formula is C45H60O14. The maximum absolute atomic E-state index is 10.9. The minimum absolute atomic E-state index is 0.0276. The van der Waals surface area contributed by atoms with Gasteiger partial charge in [-0.1, -0.05) is 91.0 Å². The summed E-state index contributed by atoms with van der Waals surface area (Å²) in [7, 11) is 0. The third-order valence-corrected chi connectivity index (χ3v) is 11.5. The van der Waals surface area contributed by atoms with E-state index in [1.54, 1.807) is 6.92 Å². The quantitative estimate of drug-likeness (QED) is 0.290.